The summed E-state index contributed by atoms with van der Waals surface area (Å²) in [5, 5.41) is 2.28. The lowest BCUT2D eigenvalue weighted by Gasteiger charge is -2.42. The van der Waals surface area contributed by atoms with Crippen molar-refractivity contribution in [2.45, 2.75) is 51.4 Å². The highest BCUT2D eigenvalue weighted by Gasteiger charge is 2.37. The zero-order valence-electron chi connectivity index (χ0n) is 34.2. The first kappa shape index (κ1) is 36.5. The Bertz CT molecular complexity index is 2910. The second kappa shape index (κ2) is 14.5. The highest BCUT2D eigenvalue weighted by molar-refractivity contribution is 6.06. The number of nitrogens with zero attached hydrogens (tertiary/aromatic N) is 2. The van der Waals surface area contributed by atoms with Crippen molar-refractivity contribution in [2.75, 3.05) is 9.80 Å². The van der Waals surface area contributed by atoms with Crippen LogP contribution in [0.15, 0.2) is 199 Å². The molecule has 0 aliphatic heterocycles. The molecule has 59 heavy (non-hydrogen) atoms. The number of anilines is 6. The summed E-state index contributed by atoms with van der Waals surface area (Å²) < 4.78 is 6.09. The molecule has 9 aromatic rings. The first-order valence-corrected chi connectivity index (χ1v) is 20.8. The Morgan fingerprint density at radius 3 is 1.31 bits per heavy atom. The van der Waals surface area contributed by atoms with E-state index in [1.165, 1.54) is 46.3 Å². The molecule has 0 unspecified atom stereocenters. The number of furan rings is 1. The fourth-order valence-corrected chi connectivity index (χ4v) is 9.08. The minimum absolute atomic E-state index is 0.130. The van der Waals surface area contributed by atoms with Gasteiger partial charge in [0.05, 0.1) is 0 Å². The highest BCUT2D eigenvalue weighted by Crippen LogP contribution is 2.48. The van der Waals surface area contributed by atoms with Crippen molar-refractivity contribution in [2.24, 2.45) is 0 Å². The molecule has 1 heterocycles. The van der Waals surface area contributed by atoms with E-state index in [1.807, 2.05) is 12.1 Å². The highest BCUT2D eigenvalue weighted by atomic mass is 16.3. The lowest BCUT2D eigenvalue weighted by atomic mass is 9.63. The minimum Gasteiger partial charge on any atom is -0.456 e. The quantitative estimate of drug-likeness (QED) is 0.154. The smallest absolute Gasteiger partial charge is 0.135 e. The van der Waals surface area contributed by atoms with Gasteiger partial charge >= 0.3 is 0 Å². The molecule has 0 N–H and O–H groups in total. The van der Waals surface area contributed by atoms with E-state index in [9.17, 15) is 0 Å². The Labute approximate surface area is 347 Å². The number of rotatable bonds is 8. The van der Waals surface area contributed by atoms with E-state index in [4.69, 9.17) is 4.42 Å². The molecular weight excluding hydrogens is 717 g/mol. The van der Waals surface area contributed by atoms with Gasteiger partial charge in [0.25, 0.3) is 0 Å². The standard InChI is InChI=1S/C56H48N2O/c1-55(2)35-36-56(3,4)52-38-48(32-33-51(52)55)58(44-15-9-6-10-16-44)47-28-21-40(22-29-47)39-19-26-45(27-20-39)57(43-13-7-5-8-14-43)46-30-23-41(24-31-46)42-25-34-54-50(37-42)49-17-11-12-18-53(49)59-54/h5-34,37-38H,35-36H2,1-4H3. The van der Waals surface area contributed by atoms with Crippen LogP contribution in [0.1, 0.15) is 51.7 Å². The maximum atomic E-state index is 6.09. The van der Waals surface area contributed by atoms with Gasteiger partial charge in [-0.2, -0.15) is 0 Å². The summed E-state index contributed by atoms with van der Waals surface area (Å²) in [5.41, 5.74) is 16.6. The topological polar surface area (TPSA) is 19.6 Å². The molecule has 0 radical (unpaired) electrons. The van der Waals surface area contributed by atoms with Crippen LogP contribution in [0.3, 0.4) is 0 Å². The maximum absolute atomic E-state index is 6.09. The fourth-order valence-electron chi connectivity index (χ4n) is 9.08. The predicted octanol–water partition coefficient (Wildman–Crippen LogP) is 16.2. The van der Waals surface area contributed by atoms with Gasteiger partial charge in [0.1, 0.15) is 11.2 Å². The Morgan fingerprint density at radius 1 is 0.339 bits per heavy atom. The summed E-state index contributed by atoms with van der Waals surface area (Å²) in [7, 11) is 0. The van der Waals surface area contributed by atoms with Crippen molar-refractivity contribution in [3.8, 4) is 22.3 Å². The number of fused-ring (bicyclic) bond motifs is 4. The monoisotopic (exact) mass is 764 g/mol. The largest absolute Gasteiger partial charge is 0.456 e. The molecule has 0 saturated heterocycles. The van der Waals surface area contributed by atoms with Crippen molar-refractivity contribution in [3.63, 3.8) is 0 Å². The third-order valence-electron chi connectivity index (χ3n) is 12.5. The van der Waals surface area contributed by atoms with Crippen LogP contribution in [0.5, 0.6) is 0 Å². The predicted molar refractivity (Wildman–Crippen MR) is 249 cm³/mol. The first-order valence-electron chi connectivity index (χ1n) is 20.8. The molecule has 10 rings (SSSR count). The lowest BCUT2D eigenvalue weighted by Crippen LogP contribution is -2.34. The normalized spacial score (nSPS) is 14.2. The Hall–Kier alpha value is -6.84. The Balaban J connectivity index is 0.948. The summed E-state index contributed by atoms with van der Waals surface area (Å²) in [4.78, 5) is 4.72. The summed E-state index contributed by atoms with van der Waals surface area (Å²) in [6.07, 6.45) is 2.39. The molecule has 0 bridgehead atoms. The van der Waals surface area contributed by atoms with Crippen molar-refractivity contribution >= 4 is 56.1 Å². The van der Waals surface area contributed by atoms with E-state index in [-0.39, 0.29) is 10.8 Å². The summed E-state index contributed by atoms with van der Waals surface area (Å²) >= 11 is 0. The fraction of sp³-hybridized carbons (Fsp3) is 0.143. The van der Waals surface area contributed by atoms with E-state index in [0.29, 0.717) is 0 Å². The number of hydrogen-bond acceptors (Lipinski definition) is 3. The van der Waals surface area contributed by atoms with Gasteiger partial charge in [0.2, 0.25) is 0 Å². The molecule has 1 aliphatic rings. The van der Waals surface area contributed by atoms with Crippen LogP contribution < -0.4 is 9.80 Å². The first-order chi connectivity index (χ1) is 28.7. The van der Waals surface area contributed by atoms with Gasteiger partial charge in [-0.15, -0.1) is 0 Å². The van der Waals surface area contributed by atoms with Gasteiger partial charge in [-0.3, -0.25) is 0 Å². The molecule has 3 heteroatoms. The van der Waals surface area contributed by atoms with Gasteiger partial charge in [-0.05, 0) is 148 Å². The van der Waals surface area contributed by atoms with Crippen molar-refractivity contribution in [3.05, 3.63) is 205 Å². The van der Waals surface area contributed by atoms with Crippen LogP contribution in [0.25, 0.3) is 44.2 Å². The average Bonchev–Trinajstić information content (AvgIpc) is 3.65. The Kier molecular flexibility index (Phi) is 8.98. The van der Waals surface area contributed by atoms with Crippen LogP contribution in [0.2, 0.25) is 0 Å². The van der Waals surface area contributed by atoms with Crippen molar-refractivity contribution in [1.82, 2.24) is 0 Å². The lowest BCUT2D eigenvalue weighted by molar-refractivity contribution is 0.332. The number of para-hydroxylation sites is 3. The molecule has 0 fully saturated rings. The molecule has 8 aromatic carbocycles. The molecule has 0 amide bonds. The molecule has 1 aliphatic carbocycles. The van der Waals surface area contributed by atoms with E-state index >= 15 is 0 Å². The molecule has 3 nitrogen and oxygen atoms in total. The summed E-state index contributed by atoms with van der Waals surface area (Å²) in [6.45, 7) is 9.59. The number of benzene rings is 8. The molecule has 0 saturated carbocycles. The second-order valence-electron chi connectivity index (χ2n) is 17.3. The zero-order valence-corrected chi connectivity index (χ0v) is 34.2. The van der Waals surface area contributed by atoms with E-state index in [2.05, 4.69) is 219 Å². The molecule has 288 valence electrons. The molecule has 1 aromatic heterocycles. The minimum atomic E-state index is 0.130. The zero-order chi connectivity index (χ0) is 40.1. The van der Waals surface area contributed by atoms with Gasteiger partial charge in [0, 0.05) is 44.9 Å². The van der Waals surface area contributed by atoms with Gasteiger partial charge in [0.15, 0.2) is 0 Å². The number of hydrogen-bond donors (Lipinski definition) is 0. The van der Waals surface area contributed by atoms with Crippen molar-refractivity contribution < 1.29 is 4.42 Å². The van der Waals surface area contributed by atoms with E-state index in [0.717, 1.165) is 55.9 Å². The SMILES string of the molecule is CC1(C)CCC(C)(C)c2cc(N(c3ccccc3)c3ccc(-c4ccc(N(c5ccccc5)c5ccc(-c6ccc7oc8ccccc8c7c6)cc5)cc4)cc3)ccc21. The average molecular weight is 765 g/mol. The van der Waals surface area contributed by atoms with Crippen LogP contribution >= 0.6 is 0 Å². The van der Waals surface area contributed by atoms with E-state index in [1.54, 1.807) is 0 Å². The third-order valence-corrected chi connectivity index (χ3v) is 12.5. The van der Waals surface area contributed by atoms with Crippen LogP contribution in [-0.4, -0.2) is 0 Å². The van der Waals surface area contributed by atoms with Crippen LogP contribution in [-0.2, 0) is 10.8 Å². The maximum Gasteiger partial charge on any atom is 0.135 e. The Morgan fingerprint density at radius 2 is 0.746 bits per heavy atom. The van der Waals surface area contributed by atoms with Crippen LogP contribution in [0, 0.1) is 0 Å². The van der Waals surface area contributed by atoms with Gasteiger partial charge in [-0.1, -0.05) is 131 Å². The van der Waals surface area contributed by atoms with E-state index < -0.39 is 0 Å². The van der Waals surface area contributed by atoms with Crippen molar-refractivity contribution in [1.29, 1.82) is 0 Å². The molecular formula is C56H48N2O. The van der Waals surface area contributed by atoms with Gasteiger partial charge in [-0.25, -0.2) is 0 Å². The van der Waals surface area contributed by atoms with Crippen LogP contribution in [0.4, 0.5) is 34.1 Å². The molecule has 0 spiro atoms. The summed E-state index contributed by atoms with van der Waals surface area (Å²) in [6, 6.07) is 70.0. The third kappa shape index (κ3) is 6.77. The second-order valence-corrected chi connectivity index (χ2v) is 17.3. The molecule has 0 atom stereocenters. The van der Waals surface area contributed by atoms with Gasteiger partial charge < -0.3 is 14.2 Å². The summed E-state index contributed by atoms with van der Waals surface area (Å²) in [5.74, 6) is 0.